The van der Waals surface area contributed by atoms with Crippen molar-refractivity contribution in [3.63, 3.8) is 0 Å². The number of hydrogen-bond acceptors (Lipinski definition) is 3. The molecule has 110 valence electrons. The van der Waals surface area contributed by atoms with Crippen LogP contribution in [-0.4, -0.2) is 34.5 Å². The molecule has 0 saturated heterocycles. The quantitative estimate of drug-likeness (QED) is 0.631. The fraction of sp³-hybridized carbons (Fsp3) is 1.00. The maximum Gasteiger partial charge on any atom is 0.312 e. The number of rotatable bonds is 8. The Morgan fingerprint density at radius 3 is 1.61 bits per heavy atom. The minimum atomic E-state index is -2.01. The Morgan fingerprint density at radius 2 is 1.22 bits per heavy atom. The second-order valence-corrected chi connectivity index (χ2v) is 21.6. The van der Waals surface area contributed by atoms with Crippen LogP contribution in [0.5, 0.6) is 0 Å². The molecule has 7 heteroatoms. The van der Waals surface area contributed by atoms with Gasteiger partial charge in [-0.1, -0.05) is 13.8 Å². The van der Waals surface area contributed by atoms with E-state index in [-0.39, 0.29) is 0 Å². The zero-order valence-electron chi connectivity index (χ0n) is 13.7. The molecule has 1 unspecified atom stereocenters. The van der Waals surface area contributed by atoms with Crippen LogP contribution in [0.15, 0.2) is 0 Å². The average Bonchev–Trinajstić information content (AvgIpc) is 2.14. The summed E-state index contributed by atoms with van der Waals surface area (Å²) in [6.07, 6.45) is 0. The summed E-state index contributed by atoms with van der Waals surface area (Å²) in [5.74, 6) is 0. The molecular formula is C11H32O3Si4. The molecule has 18 heavy (non-hydrogen) atoms. The van der Waals surface area contributed by atoms with Gasteiger partial charge in [0.15, 0.2) is 16.6 Å². The summed E-state index contributed by atoms with van der Waals surface area (Å²) in [5, 5.41) is 0. The summed E-state index contributed by atoms with van der Waals surface area (Å²) in [6, 6.07) is 2.28. The lowest BCUT2D eigenvalue weighted by molar-refractivity contribution is 0.349. The van der Waals surface area contributed by atoms with Crippen LogP contribution in [0.25, 0.3) is 0 Å². The van der Waals surface area contributed by atoms with Gasteiger partial charge in [-0.25, -0.2) is 0 Å². The molecule has 0 N–H and O–H groups in total. The van der Waals surface area contributed by atoms with Gasteiger partial charge in [-0.3, -0.25) is 0 Å². The Hall–Kier alpha value is 0.748. The van der Waals surface area contributed by atoms with Crippen molar-refractivity contribution in [2.24, 2.45) is 0 Å². The van der Waals surface area contributed by atoms with E-state index in [1.54, 1.807) is 0 Å². The smallest absolute Gasteiger partial charge is 0.312 e. The van der Waals surface area contributed by atoms with Gasteiger partial charge in [0.2, 0.25) is 0 Å². The van der Waals surface area contributed by atoms with Crippen LogP contribution in [0.3, 0.4) is 0 Å². The van der Waals surface area contributed by atoms with E-state index in [1.165, 1.54) is 0 Å². The Kier molecular flexibility index (Phi) is 7.25. The van der Waals surface area contributed by atoms with Crippen molar-refractivity contribution in [1.82, 2.24) is 0 Å². The van der Waals surface area contributed by atoms with Crippen molar-refractivity contribution in [3.05, 3.63) is 0 Å². The monoisotopic (exact) mass is 324 g/mol. The van der Waals surface area contributed by atoms with Gasteiger partial charge < -0.3 is 12.3 Å². The van der Waals surface area contributed by atoms with E-state index < -0.39 is 34.5 Å². The van der Waals surface area contributed by atoms with E-state index >= 15 is 0 Å². The fourth-order valence-electron chi connectivity index (χ4n) is 1.72. The zero-order valence-corrected chi connectivity index (χ0v) is 17.9. The van der Waals surface area contributed by atoms with Gasteiger partial charge in [-0.05, 0) is 57.9 Å². The predicted octanol–water partition coefficient (Wildman–Crippen LogP) is 4.04. The summed E-state index contributed by atoms with van der Waals surface area (Å²) in [6.45, 7) is 19.9. The highest BCUT2D eigenvalue weighted by molar-refractivity contribution is 6.85. The standard InChI is InChI=1S/C11H32O3Si4/c1-10-16(4,5)12-15(3)13-18(8,9)14-17(6,7)11-2/h15H,10-11H2,1-9H3. The van der Waals surface area contributed by atoms with Gasteiger partial charge in [0.1, 0.15) is 0 Å². The molecule has 0 rings (SSSR count). The van der Waals surface area contributed by atoms with Crippen molar-refractivity contribution in [1.29, 1.82) is 0 Å². The third-order valence-corrected chi connectivity index (χ3v) is 18.2. The van der Waals surface area contributed by atoms with Gasteiger partial charge in [0.05, 0.1) is 0 Å². The summed E-state index contributed by atoms with van der Waals surface area (Å²) in [4.78, 5) is 0. The lowest BCUT2D eigenvalue weighted by atomic mass is 11.0. The molecule has 0 aromatic heterocycles. The van der Waals surface area contributed by atoms with Gasteiger partial charge in [0, 0.05) is 0 Å². The third kappa shape index (κ3) is 8.03. The molecule has 0 aromatic carbocycles. The van der Waals surface area contributed by atoms with Crippen molar-refractivity contribution >= 4 is 34.5 Å². The van der Waals surface area contributed by atoms with Crippen LogP contribution in [0, 0.1) is 0 Å². The predicted molar refractivity (Wildman–Crippen MR) is 89.7 cm³/mol. The highest BCUT2D eigenvalue weighted by Gasteiger charge is 2.36. The Bertz CT molecular complexity index is 257. The SMILES string of the molecule is CC[Si](C)(C)O[SiH](C)O[Si](C)(C)O[Si](C)(C)CC. The molecule has 0 fully saturated rings. The first-order chi connectivity index (χ1) is 7.93. The first-order valence-corrected chi connectivity index (χ1v) is 18.1. The summed E-state index contributed by atoms with van der Waals surface area (Å²) in [7, 11) is -6.59. The molecule has 0 radical (unpaired) electrons. The first-order valence-electron chi connectivity index (χ1n) is 6.99. The lowest BCUT2D eigenvalue weighted by Crippen LogP contribution is -2.50. The number of hydrogen-bond donors (Lipinski definition) is 0. The summed E-state index contributed by atoms with van der Waals surface area (Å²) >= 11 is 0. The third-order valence-electron chi connectivity index (χ3n) is 3.16. The van der Waals surface area contributed by atoms with Crippen LogP contribution >= 0.6 is 0 Å². The van der Waals surface area contributed by atoms with Crippen LogP contribution in [-0.2, 0) is 12.3 Å². The fourth-order valence-corrected chi connectivity index (χ4v) is 16.3. The molecule has 3 nitrogen and oxygen atoms in total. The lowest BCUT2D eigenvalue weighted by Gasteiger charge is -2.36. The summed E-state index contributed by atoms with van der Waals surface area (Å²) < 4.78 is 18.7. The topological polar surface area (TPSA) is 27.7 Å². The van der Waals surface area contributed by atoms with Crippen molar-refractivity contribution in [3.8, 4) is 0 Å². The molecule has 0 amide bonds. The van der Waals surface area contributed by atoms with E-state index in [4.69, 9.17) is 12.3 Å². The van der Waals surface area contributed by atoms with E-state index in [0.717, 1.165) is 12.1 Å². The molecule has 0 aliphatic rings. The zero-order chi connectivity index (χ0) is 14.6. The maximum atomic E-state index is 6.32. The van der Waals surface area contributed by atoms with Crippen molar-refractivity contribution < 1.29 is 12.3 Å². The Balaban J connectivity index is 4.40. The van der Waals surface area contributed by atoms with Gasteiger partial charge in [0.25, 0.3) is 9.28 Å². The molecule has 0 saturated carbocycles. The van der Waals surface area contributed by atoms with Crippen LogP contribution in [0.1, 0.15) is 13.8 Å². The molecule has 1 atom stereocenters. The van der Waals surface area contributed by atoms with Crippen LogP contribution < -0.4 is 0 Å². The van der Waals surface area contributed by atoms with Gasteiger partial charge >= 0.3 is 8.56 Å². The van der Waals surface area contributed by atoms with Crippen molar-refractivity contribution in [2.75, 3.05) is 0 Å². The van der Waals surface area contributed by atoms with E-state index in [9.17, 15) is 0 Å². The van der Waals surface area contributed by atoms with Crippen LogP contribution in [0.4, 0.5) is 0 Å². The second-order valence-electron chi connectivity index (χ2n) is 6.53. The normalized spacial score (nSPS) is 15.8. The highest BCUT2D eigenvalue weighted by atomic mass is 28.5. The van der Waals surface area contributed by atoms with E-state index in [2.05, 4.69) is 59.7 Å². The average molecular weight is 325 g/mol. The maximum absolute atomic E-state index is 6.32. The molecule has 0 spiro atoms. The Morgan fingerprint density at radius 1 is 0.778 bits per heavy atom. The minimum absolute atomic E-state index is 1.14. The molecule has 0 aliphatic heterocycles. The highest BCUT2D eigenvalue weighted by Crippen LogP contribution is 2.21. The molecule has 0 bridgehead atoms. The second kappa shape index (κ2) is 6.96. The Labute approximate surface area is 119 Å². The molecular weight excluding hydrogens is 292 g/mol. The molecule has 0 aromatic rings. The van der Waals surface area contributed by atoms with E-state index in [1.807, 2.05) is 0 Å². The first kappa shape index (κ1) is 18.7. The molecule has 0 aliphatic carbocycles. The van der Waals surface area contributed by atoms with E-state index in [0.29, 0.717) is 0 Å². The molecule has 0 heterocycles. The van der Waals surface area contributed by atoms with Crippen LogP contribution in [0.2, 0.25) is 57.9 Å². The minimum Gasteiger partial charge on any atom is -0.439 e. The largest absolute Gasteiger partial charge is 0.439 e. The van der Waals surface area contributed by atoms with Crippen molar-refractivity contribution in [2.45, 2.75) is 71.8 Å². The van der Waals surface area contributed by atoms with Gasteiger partial charge in [-0.15, -0.1) is 0 Å². The van der Waals surface area contributed by atoms with Gasteiger partial charge in [-0.2, -0.15) is 0 Å². The summed E-state index contributed by atoms with van der Waals surface area (Å²) in [5.41, 5.74) is 0.